The van der Waals surface area contributed by atoms with Crippen LogP contribution >= 0.6 is 34.4 Å². The summed E-state index contributed by atoms with van der Waals surface area (Å²) in [4.78, 5) is 11.6. The molecule has 52 heavy (non-hydrogen) atoms. The fraction of sp³-hybridized carbons (Fsp3) is 0.0870. The fourth-order valence-electron chi connectivity index (χ4n) is 7.75. The van der Waals surface area contributed by atoms with Crippen molar-refractivity contribution in [3.8, 4) is 11.1 Å². The number of rotatable bonds is 6. The van der Waals surface area contributed by atoms with Crippen LogP contribution in [-0.4, -0.2) is 16.8 Å². The van der Waals surface area contributed by atoms with Crippen molar-refractivity contribution in [3.05, 3.63) is 174 Å². The molecule has 3 atom stereocenters. The molecule has 3 nitrogen and oxygen atoms in total. The number of nitrogens with zero attached hydrogens (tertiary/aromatic N) is 2. The quantitative estimate of drug-likeness (QED) is 0.137. The van der Waals surface area contributed by atoms with Gasteiger partial charge in [0.2, 0.25) is 0 Å². The first-order chi connectivity index (χ1) is 25.5. The number of amidine groups is 1. The monoisotopic (exact) mass is 723 g/mol. The van der Waals surface area contributed by atoms with Crippen molar-refractivity contribution in [2.45, 2.75) is 28.6 Å². The lowest BCUT2D eigenvalue weighted by molar-refractivity contribution is 0.702. The van der Waals surface area contributed by atoms with E-state index in [0.717, 1.165) is 16.7 Å². The molecular weight excluding hydrogens is 691 g/mol. The van der Waals surface area contributed by atoms with Crippen LogP contribution in [0, 0.1) is 0 Å². The average molecular weight is 724 g/mol. The molecule has 3 heterocycles. The third kappa shape index (κ3) is 5.24. The van der Waals surface area contributed by atoms with Crippen molar-refractivity contribution < 1.29 is 0 Å². The minimum absolute atomic E-state index is 0.0442. The number of thioether (sulfide) groups is 1. The molecule has 2 aliphatic rings. The van der Waals surface area contributed by atoms with Crippen LogP contribution in [0.5, 0.6) is 0 Å². The zero-order chi connectivity index (χ0) is 34.8. The summed E-state index contributed by atoms with van der Waals surface area (Å²) in [7, 11) is 0. The van der Waals surface area contributed by atoms with Gasteiger partial charge in [-0.05, 0) is 53.4 Å². The minimum Gasteiger partial charge on any atom is -0.383 e. The van der Waals surface area contributed by atoms with Crippen molar-refractivity contribution in [3.63, 3.8) is 0 Å². The lowest BCUT2D eigenvalue weighted by atomic mass is 9.83. The Morgan fingerprint density at radius 3 is 2.46 bits per heavy atom. The van der Waals surface area contributed by atoms with E-state index in [1.807, 2.05) is 36.2 Å². The Morgan fingerprint density at radius 2 is 1.54 bits per heavy atom. The van der Waals surface area contributed by atoms with Gasteiger partial charge < -0.3 is 5.73 Å². The number of aliphatic imine (C=N–C) groups is 2. The predicted octanol–water partition coefficient (Wildman–Crippen LogP) is 12.7. The molecular formula is C46H33N3S3. The highest BCUT2D eigenvalue weighted by molar-refractivity contribution is 8.01. The van der Waals surface area contributed by atoms with Crippen LogP contribution in [0.15, 0.2) is 167 Å². The predicted molar refractivity (Wildman–Crippen MR) is 227 cm³/mol. The second-order valence-electron chi connectivity index (χ2n) is 13.7. The van der Waals surface area contributed by atoms with Gasteiger partial charge in [-0.2, -0.15) is 0 Å². The number of fused-ring (bicyclic) bond motifs is 9. The van der Waals surface area contributed by atoms with Crippen molar-refractivity contribution in [1.82, 2.24) is 0 Å². The maximum absolute atomic E-state index is 6.86. The third-order valence-corrected chi connectivity index (χ3v) is 14.2. The molecule has 2 N–H and O–H groups in total. The van der Waals surface area contributed by atoms with Gasteiger partial charge in [0.15, 0.2) is 6.17 Å². The third-order valence-electron chi connectivity index (χ3n) is 10.4. The van der Waals surface area contributed by atoms with E-state index in [0.29, 0.717) is 11.8 Å². The molecule has 1 aliphatic heterocycles. The van der Waals surface area contributed by atoms with Gasteiger partial charge in [0, 0.05) is 73.2 Å². The molecule has 0 saturated carbocycles. The van der Waals surface area contributed by atoms with Crippen LogP contribution < -0.4 is 5.73 Å². The summed E-state index contributed by atoms with van der Waals surface area (Å²) in [6.45, 7) is 2.36. The van der Waals surface area contributed by atoms with Crippen LogP contribution in [0.4, 0.5) is 0 Å². The summed E-state index contributed by atoms with van der Waals surface area (Å²) in [5, 5.41) is 4.98. The second kappa shape index (κ2) is 12.4. The molecule has 6 aromatic carbocycles. The summed E-state index contributed by atoms with van der Waals surface area (Å²) in [6.07, 6.45) is 10.5. The van der Waals surface area contributed by atoms with Crippen molar-refractivity contribution in [2.24, 2.45) is 15.7 Å². The lowest BCUT2D eigenvalue weighted by Crippen LogP contribution is -2.22. The Bertz CT molecular complexity index is 2820. The molecule has 2 aromatic heterocycles. The molecule has 0 bridgehead atoms. The number of benzene rings is 6. The molecule has 8 aromatic rings. The van der Waals surface area contributed by atoms with E-state index in [1.54, 1.807) is 22.7 Å². The number of hydrogen-bond acceptors (Lipinski definition) is 5. The van der Waals surface area contributed by atoms with Gasteiger partial charge in [-0.3, -0.25) is 4.99 Å². The second-order valence-corrected chi connectivity index (χ2v) is 17.3. The fourth-order valence-corrected chi connectivity index (χ4v) is 11.6. The Balaban J connectivity index is 1.08. The van der Waals surface area contributed by atoms with E-state index >= 15 is 0 Å². The van der Waals surface area contributed by atoms with Crippen molar-refractivity contribution in [2.75, 3.05) is 0 Å². The average Bonchev–Trinajstić information content (AvgIpc) is 3.85. The minimum atomic E-state index is -0.520. The molecule has 0 fully saturated rings. The topological polar surface area (TPSA) is 50.7 Å². The molecule has 1 aliphatic carbocycles. The van der Waals surface area contributed by atoms with Gasteiger partial charge in [-0.15, -0.1) is 34.4 Å². The molecule has 250 valence electrons. The van der Waals surface area contributed by atoms with Crippen LogP contribution in [0.3, 0.4) is 0 Å². The molecule has 0 amide bonds. The van der Waals surface area contributed by atoms with Crippen molar-refractivity contribution >= 4 is 86.8 Å². The number of allylic oxidation sites excluding steroid dienone is 3. The maximum Gasteiger partial charge on any atom is 0.168 e. The van der Waals surface area contributed by atoms with E-state index in [-0.39, 0.29) is 4.75 Å². The first-order valence-electron chi connectivity index (χ1n) is 17.5. The Morgan fingerprint density at radius 1 is 0.731 bits per heavy atom. The van der Waals surface area contributed by atoms with E-state index < -0.39 is 6.17 Å². The zero-order valence-electron chi connectivity index (χ0n) is 28.4. The smallest absolute Gasteiger partial charge is 0.168 e. The number of nitrogens with two attached hydrogens (primary N) is 1. The molecule has 6 heteroatoms. The van der Waals surface area contributed by atoms with E-state index in [4.69, 9.17) is 15.7 Å². The van der Waals surface area contributed by atoms with Gasteiger partial charge >= 0.3 is 0 Å². The Labute approximate surface area is 314 Å². The Hall–Kier alpha value is -5.27. The first-order valence-corrected chi connectivity index (χ1v) is 19.9. The van der Waals surface area contributed by atoms with Crippen LogP contribution in [0.25, 0.3) is 51.5 Å². The molecule has 0 spiro atoms. The number of thiophene rings is 2. The van der Waals surface area contributed by atoms with Gasteiger partial charge in [-0.25, -0.2) is 4.99 Å². The summed E-state index contributed by atoms with van der Waals surface area (Å²) in [6, 6.07) is 45.4. The van der Waals surface area contributed by atoms with Gasteiger partial charge in [0.25, 0.3) is 0 Å². The van der Waals surface area contributed by atoms with Gasteiger partial charge in [-0.1, -0.05) is 127 Å². The molecule has 10 rings (SSSR count). The van der Waals surface area contributed by atoms with Gasteiger partial charge in [0.05, 0.1) is 0 Å². The molecule has 0 saturated heterocycles. The largest absolute Gasteiger partial charge is 0.383 e. The summed E-state index contributed by atoms with van der Waals surface area (Å²) in [5.74, 6) is 0.864. The van der Waals surface area contributed by atoms with Crippen LogP contribution in [0.2, 0.25) is 0 Å². The zero-order valence-corrected chi connectivity index (χ0v) is 30.8. The van der Waals surface area contributed by atoms with Crippen LogP contribution in [-0.2, 0) is 0 Å². The van der Waals surface area contributed by atoms with Gasteiger partial charge in [0.1, 0.15) is 5.84 Å². The van der Waals surface area contributed by atoms with E-state index in [1.165, 1.54) is 61.9 Å². The van der Waals surface area contributed by atoms with E-state index in [9.17, 15) is 0 Å². The highest BCUT2D eigenvalue weighted by Crippen LogP contribution is 2.58. The SMILES string of the molecule is CC12C=CC=CC1c1cccc(-c3ccc4sc5c(C(N=Cc6ccccc6)N=C(N)c6ccc7c(c6)sc6ccccc67)cccc5c4c3)c1S2. The highest BCUT2D eigenvalue weighted by Gasteiger charge is 2.42. The summed E-state index contributed by atoms with van der Waals surface area (Å²) in [5.41, 5.74) is 13.8. The standard InChI is InChI=1S/C46H33N3S3/c1-46-24-8-7-18-38(46)35-16-9-14-31(43(35)52-46)29-21-23-40-37(25-29)34-15-10-17-36(42(34)51-40)45(48-27-28-11-3-2-4-12-28)49-44(47)30-20-22-33-32-13-5-6-19-39(32)50-41(33)26-30/h2-27,38,45H,1H3,(H2,47,49). The highest BCUT2D eigenvalue weighted by atomic mass is 32.2. The summed E-state index contributed by atoms with van der Waals surface area (Å²) >= 11 is 5.58. The van der Waals surface area contributed by atoms with Crippen LogP contribution in [0.1, 0.15) is 41.3 Å². The Kier molecular flexibility index (Phi) is 7.53. The van der Waals surface area contributed by atoms with Crippen molar-refractivity contribution in [1.29, 1.82) is 0 Å². The molecule has 3 unspecified atom stereocenters. The molecule has 0 radical (unpaired) electrons. The number of hydrogen-bond donors (Lipinski definition) is 1. The maximum atomic E-state index is 6.86. The normalized spacial score (nSPS) is 18.9. The summed E-state index contributed by atoms with van der Waals surface area (Å²) < 4.78 is 4.94. The lowest BCUT2D eigenvalue weighted by Gasteiger charge is -2.27. The van der Waals surface area contributed by atoms with E-state index in [2.05, 4.69) is 140 Å². The first kappa shape index (κ1) is 31.5.